The zero-order valence-corrected chi connectivity index (χ0v) is 19.4. The lowest BCUT2D eigenvalue weighted by molar-refractivity contribution is -0.150. The van der Waals surface area contributed by atoms with Crippen LogP contribution in [0.25, 0.3) is 10.8 Å². The van der Waals surface area contributed by atoms with Crippen LogP contribution in [0, 0.1) is 0 Å². The van der Waals surface area contributed by atoms with Crippen LogP contribution in [0.3, 0.4) is 0 Å². The summed E-state index contributed by atoms with van der Waals surface area (Å²) in [6.45, 7) is 1.74. The van der Waals surface area contributed by atoms with Gasteiger partial charge in [0.2, 0.25) is 12.3 Å². The predicted molar refractivity (Wildman–Crippen MR) is 128 cm³/mol. The van der Waals surface area contributed by atoms with Gasteiger partial charge in [0.05, 0.1) is 6.54 Å². The highest BCUT2D eigenvalue weighted by molar-refractivity contribution is 8.00. The topological polar surface area (TPSA) is 119 Å². The van der Waals surface area contributed by atoms with Crippen molar-refractivity contribution >= 4 is 52.4 Å². The Balaban J connectivity index is 0.000000555. The Morgan fingerprint density at radius 3 is 2.52 bits per heavy atom. The van der Waals surface area contributed by atoms with Crippen LogP contribution in [0.2, 0.25) is 0 Å². The number of β-lactam (4-membered cyclic amide) rings is 1. The van der Waals surface area contributed by atoms with Gasteiger partial charge in [-0.1, -0.05) is 30.3 Å². The summed E-state index contributed by atoms with van der Waals surface area (Å²) < 4.78 is 0. The van der Waals surface area contributed by atoms with Gasteiger partial charge in [-0.3, -0.25) is 19.3 Å². The van der Waals surface area contributed by atoms with Crippen molar-refractivity contribution < 1.29 is 24.3 Å². The predicted octanol–water partition coefficient (Wildman–Crippen LogP) is 1.71. The van der Waals surface area contributed by atoms with E-state index in [1.54, 1.807) is 21.0 Å². The zero-order valence-electron chi connectivity index (χ0n) is 18.6. The minimum atomic E-state index is -1.11. The number of carboxylic acid groups (broad SMARTS) is 1. The molecule has 1 fully saturated rings. The van der Waals surface area contributed by atoms with E-state index in [2.05, 4.69) is 10.6 Å². The number of anilines is 1. The van der Waals surface area contributed by atoms with Gasteiger partial charge in [-0.15, -0.1) is 11.8 Å². The molecule has 174 valence electrons. The van der Waals surface area contributed by atoms with Gasteiger partial charge in [-0.25, -0.2) is 4.79 Å². The zero-order chi connectivity index (χ0) is 24.1. The molecule has 0 radical (unpaired) electrons. The number of hydrogen-bond donors (Lipinski definition) is 3. The lowest BCUT2D eigenvalue weighted by Crippen LogP contribution is -2.70. The summed E-state index contributed by atoms with van der Waals surface area (Å²) in [6.07, 6.45) is 0.750. The number of benzene rings is 2. The number of rotatable bonds is 6. The molecule has 9 nitrogen and oxygen atoms in total. The molecule has 0 saturated carbocycles. The van der Waals surface area contributed by atoms with Crippen molar-refractivity contribution in [2.75, 3.05) is 31.7 Å². The third-order valence-electron chi connectivity index (χ3n) is 5.09. The van der Waals surface area contributed by atoms with Crippen LogP contribution in [0.5, 0.6) is 0 Å². The molecule has 1 unspecified atom stereocenters. The average Bonchev–Trinajstić information content (AvgIpc) is 2.81. The minimum Gasteiger partial charge on any atom is -0.477 e. The maximum atomic E-state index is 12.4. The van der Waals surface area contributed by atoms with Crippen molar-refractivity contribution in [1.29, 1.82) is 0 Å². The third-order valence-corrected chi connectivity index (χ3v) is 6.52. The molecule has 2 heterocycles. The number of carboxylic acids is 1. The first kappa shape index (κ1) is 24.1. The van der Waals surface area contributed by atoms with Crippen LogP contribution in [-0.4, -0.2) is 76.9 Å². The maximum absolute atomic E-state index is 12.4. The fourth-order valence-electron chi connectivity index (χ4n) is 3.48. The van der Waals surface area contributed by atoms with Gasteiger partial charge in [-0.2, -0.15) is 0 Å². The Morgan fingerprint density at radius 2 is 1.88 bits per heavy atom. The first-order valence-corrected chi connectivity index (χ1v) is 11.3. The molecule has 0 aliphatic carbocycles. The van der Waals surface area contributed by atoms with Crippen LogP contribution >= 0.6 is 11.8 Å². The second-order valence-electron chi connectivity index (χ2n) is 7.87. The van der Waals surface area contributed by atoms with Crippen molar-refractivity contribution in [1.82, 2.24) is 15.1 Å². The molecular weight excluding hydrogens is 444 g/mol. The number of hydrogen-bond acceptors (Lipinski definition) is 6. The Morgan fingerprint density at radius 1 is 1.21 bits per heavy atom. The summed E-state index contributed by atoms with van der Waals surface area (Å²) in [5, 5.41) is 16.9. The number of nitrogens with zero attached hydrogens (tertiary/aromatic N) is 2. The van der Waals surface area contributed by atoms with Gasteiger partial charge in [-0.05, 0) is 35.4 Å². The van der Waals surface area contributed by atoms with E-state index in [0.29, 0.717) is 11.3 Å². The highest BCUT2D eigenvalue weighted by Gasteiger charge is 2.53. The Bertz CT molecular complexity index is 1120. The molecule has 3 N–H and O–H groups in total. The molecule has 0 spiro atoms. The first-order valence-electron chi connectivity index (χ1n) is 10.2. The number of fused-ring (bicyclic) bond motifs is 2. The van der Waals surface area contributed by atoms with Crippen molar-refractivity contribution in [3.63, 3.8) is 0 Å². The molecule has 2 aromatic rings. The summed E-state index contributed by atoms with van der Waals surface area (Å²) in [4.78, 5) is 48.3. The number of amides is 3. The molecular formula is C23H26N4O5S. The molecule has 4 rings (SSSR count). The fourth-order valence-corrected chi connectivity index (χ4v) is 4.77. The van der Waals surface area contributed by atoms with Crippen LogP contribution in [-0.2, 0) is 19.2 Å². The second kappa shape index (κ2) is 10.4. The van der Waals surface area contributed by atoms with E-state index in [4.69, 9.17) is 0 Å². The lowest BCUT2D eigenvalue weighted by atomic mass is 10.0. The highest BCUT2D eigenvalue weighted by atomic mass is 32.2. The van der Waals surface area contributed by atoms with Crippen LogP contribution in [0.15, 0.2) is 53.7 Å². The van der Waals surface area contributed by atoms with E-state index in [-0.39, 0.29) is 29.4 Å². The monoisotopic (exact) mass is 470 g/mol. The van der Waals surface area contributed by atoms with Gasteiger partial charge >= 0.3 is 5.97 Å². The van der Waals surface area contributed by atoms with Crippen LogP contribution < -0.4 is 10.6 Å². The van der Waals surface area contributed by atoms with E-state index < -0.39 is 12.0 Å². The Labute approximate surface area is 195 Å². The first-order chi connectivity index (χ1) is 15.7. The van der Waals surface area contributed by atoms with E-state index in [9.17, 15) is 24.3 Å². The molecule has 2 atom stereocenters. The Hall–Kier alpha value is -3.53. The molecule has 0 bridgehead atoms. The summed E-state index contributed by atoms with van der Waals surface area (Å²) in [7, 11) is 3.38. The molecule has 1 saturated heterocycles. The lowest BCUT2D eigenvalue weighted by Gasteiger charge is -2.49. The maximum Gasteiger partial charge on any atom is 0.352 e. The third kappa shape index (κ3) is 5.46. The average molecular weight is 471 g/mol. The van der Waals surface area contributed by atoms with Crippen LogP contribution in [0.4, 0.5) is 5.69 Å². The second-order valence-corrected chi connectivity index (χ2v) is 8.98. The molecule has 10 heteroatoms. The number of aliphatic carboxylic acids is 1. The number of carbonyl (C=O) groups is 4. The summed E-state index contributed by atoms with van der Waals surface area (Å²) in [6, 6.07) is 13.1. The van der Waals surface area contributed by atoms with Crippen molar-refractivity contribution in [3.05, 3.63) is 53.7 Å². The highest BCUT2D eigenvalue weighted by Crippen LogP contribution is 2.40. The summed E-state index contributed by atoms with van der Waals surface area (Å²) >= 11 is 1.46. The van der Waals surface area contributed by atoms with Gasteiger partial charge in [0.25, 0.3) is 5.91 Å². The molecule has 2 aliphatic rings. The standard InChI is InChI=1S/C20H19N3O4S.C3H7NO/c1-11-10-28-19-16(18(25)23(19)17(11)20(26)27)22-15(24)9-21-14-7-6-12-4-2-3-5-13(12)8-14;1-4(2)3-5/h2-8,16,19,21H,9-10H2,1H3,(H,22,24)(H,26,27);3H,1-2H3/t16?,19-;/m0./s1. The van der Waals surface area contributed by atoms with E-state index in [0.717, 1.165) is 22.9 Å². The molecule has 3 amide bonds. The van der Waals surface area contributed by atoms with Crippen molar-refractivity contribution in [2.45, 2.75) is 18.3 Å². The fraction of sp³-hybridized carbons (Fsp3) is 0.304. The quantitative estimate of drug-likeness (QED) is 0.434. The normalized spacial score (nSPS) is 19.0. The minimum absolute atomic E-state index is 0.0279. The smallest absolute Gasteiger partial charge is 0.352 e. The van der Waals surface area contributed by atoms with E-state index in [1.165, 1.54) is 21.6 Å². The summed E-state index contributed by atoms with van der Waals surface area (Å²) in [5.74, 6) is -1.28. The van der Waals surface area contributed by atoms with Crippen molar-refractivity contribution in [3.8, 4) is 0 Å². The molecule has 33 heavy (non-hydrogen) atoms. The van der Waals surface area contributed by atoms with Crippen molar-refractivity contribution in [2.24, 2.45) is 0 Å². The van der Waals surface area contributed by atoms with E-state index >= 15 is 0 Å². The molecule has 2 aliphatic heterocycles. The van der Waals surface area contributed by atoms with Gasteiger partial charge < -0.3 is 20.6 Å². The number of thioether (sulfide) groups is 1. The SMILES string of the molecule is CC1=C(C(=O)O)N2C(=O)C(NC(=O)CNc3ccc4ccccc4c3)[C@@H]2SC1.CN(C)C=O. The van der Waals surface area contributed by atoms with E-state index in [1.807, 2.05) is 42.5 Å². The molecule has 0 aromatic heterocycles. The van der Waals surface area contributed by atoms with Crippen LogP contribution in [0.1, 0.15) is 6.92 Å². The van der Waals surface area contributed by atoms with Gasteiger partial charge in [0.1, 0.15) is 17.1 Å². The summed E-state index contributed by atoms with van der Waals surface area (Å²) in [5.41, 5.74) is 1.51. The largest absolute Gasteiger partial charge is 0.477 e. The van der Waals surface area contributed by atoms with Gasteiger partial charge in [0, 0.05) is 25.5 Å². The number of nitrogens with one attached hydrogen (secondary N) is 2. The Kier molecular flexibility index (Phi) is 7.59. The molecule has 2 aromatic carbocycles. The van der Waals surface area contributed by atoms with Gasteiger partial charge in [0.15, 0.2) is 0 Å². The number of carbonyl (C=O) groups excluding carboxylic acids is 3.